The monoisotopic (exact) mass is 673 g/mol. The zero-order chi connectivity index (χ0) is 33.8. The topological polar surface area (TPSA) is 105 Å². The Kier molecular flexibility index (Phi) is 10.6. The van der Waals surface area contributed by atoms with Crippen molar-refractivity contribution in [2.75, 3.05) is 5.75 Å². The quantitative estimate of drug-likeness (QED) is 0.0715. The van der Waals surface area contributed by atoms with Crippen molar-refractivity contribution in [3.63, 3.8) is 0 Å². The third-order valence-electron chi connectivity index (χ3n) is 7.79. The molecule has 4 aromatic carbocycles. The maximum Gasteiger partial charge on any atom is 0.336 e. The minimum atomic E-state index is -2.36. The minimum absolute atomic E-state index is 0.121. The Balaban J connectivity index is 1.33. The largest absolute Gasteiger partial charge is 0.478 e. The Morgan fingerprint density at radius 1 is 0.787 bits per heavy atom. The van der Waals surface area contributed by atoms with Crippen molar-refractivity contribution in [1.29, 1.82) is 0 Å². The SMILES string of the molecule is C[C@H]1[C@@H](CSc2ccccc2C(=O)O)O[C@@H](c2ccc(CNC(=O)c3c(F)c(F)c(F)c(F)c3F)cc2)O[C@H]1c1ccc(CO)cc1. The molecule has 4 aromatic rings. The summed E-state index contributed by atoms with van der Waals surface area (Å²) in [5.74, 6) is -13.5. The van der Waals surface area contributed by atoms with E-state index in [2.05, 4.69) is 5.32 Å². The Morgan fingerprint density at radius 3 is 1.98 bits per heavy atom. The summed E-state index contributed by atoms with van der Waals surface area (Å²) in [6, 6.07) is 20.4. The number of nitrogens with one attached hydrogen (secondary N) is 1. The van der Waals surface area contributed by atoms with Gasteiger partial charge in [0.15, 0.2) is 29.6 Å². The zero-order valence-electron chi connectivity index (χ0n) is 24.7. The van der Waals surface area contributed by atoms with Crippen LogP contribution in [0.2, 0.25) is 0 Å². The molecule has 13 heteroatoms. The van der Waals surface area contributed by atoms with E-state index in [4.69, 9.17) is 9.47 Å². The van der Waals surface area contributed by atoms with Crippen LogP contribution in [0.25, 0.3) is 0 Å². The molecule has 0 unspecified atom stereocenters. The number of thioether (sulfide) groups is 1. The van der Waals surface area contributed by atoms with E-state index in [0.717, 1.165) is 11.1 Å². The van der Waals surface area contributed by atoms with Gasteiger partial charge in [-0.15, -0.1) is 11.8 Å². The number of carboxylic acid groups (broad SMARTS) is 1. The molecule has 246 valence electrons. The van der Waals surface area contributed by atoms with E-state index in [1.807, 2.05) is 19.1 Å². The first-order valence-corrected chi connectivity index (χ1v) is 15.3. The highest BCUT2D eigenvalue weighted by Gasteiger charge is 2.38. The smallest absolute Gasteiger partial charge is 0.336 e. The predicted octanol–water partition coefficient (Wildman–Crippen LogP) is 7.09. The molecule has 1 aliphatic heterocycles. The molecule has 0 aromatic heterocycles. The van der Waals surface area contributed by atoms with Crippen molar-refractivity contribution in [3.8, 4) is 0 Å². The molecule has 4 atom stereocenters. The van der Waals surface area contributed by atoms with Crippen LogP contribution in [0.1, 0.15) is 62.3 Å². The maximum absolute atomic E-state index is 14.0. The summed E-state index contributed by atoms with van der Waals surface area (Å²) in [5.41, 5.74) is 1.20. The first-order valence-electron chi connectivity index (χ1n) is 14.3. The lowest BCUT2D eigenvalue weighted by molar-refractivity contribution is -0.268. The third kappa shape index (κ3) is 7.33. The fraction of sp³-hybridized carbons (Fsp3) is 0.235. The Bertz CT molecular complexity index is 1740. The standard InChI is InChI=1S/C34H28F5NO6S/c1-17-23(16-47-24-5-3-2-4-22(24)33(43)44)45-34(46-31(17)20-10-8-19(15-41)9-11-20)21-12-6-18(7-13-21)14-40-32(42)25-26(35)28(37)30(39)29(38)27(25)36/h2-13,17,23,31,34,41H,14-16H2,1H3,(H,40,42)(H,43,44)/t17-,23+,31+,34+/m0/s1. The van der Waals surface area contributed by atoms with Crippen molar-refractivity contribution in [3.05, 3.63) is 135 Å². The fourth-order valence-corrected chi connectivity index (χ4v) is 6.33. The number of aromatic carboxylic acids is 1. The molecule has 0 bridgehead atoms. The highest BCUT2D eigenvalue weighted by Crippen LogP contribution is 2.43. The number of aliphatic hydroxyl groups excluding tert-OH is 1. The first kappa shape index (κ1) is 34.0. The van der Waals surface area contributed by atoms with E-state index >= 15 is 0 Å². The van der Waals surface area contributed by atoms with E-state index in [1.165, 1.54) is 17.8 Å². The van der Waals surface area contributed by atoms with Crippen LogP contribution in [-0.2, 0) is 22.6 Å². The zero-order valence-corrected chi connectivity index (χ0v) is 25.5. The van der Waals surface area contributed by atoms with Crippen molar-refractivity contribution in [1.82, 2.24) is 5.32 Å². The van der Waals surface area contributed by atoms with Crippen molar-refractivity contribution >= 4 is 23.6 Å². The Hall–Kier alpha value is -4.30. The van der Waals surface area contributed by atoms with Gasteiger partial charge >= 0.3 is 5.97 Å². The molecule has 1 saturated heterocycles. The summed E-state index contributed by atoms with van der Waals surface area (Å²) in [6.45, 7) is 1.55. The van der Waals surface area contributed by atoms with Gasteiger partial charge in [-0.1, -0.05) is 67.6 Å². The number of hydrogen-bond acceptors (Lipinski definition) is 6. The average molecular weight is 674 g/mol. The van der Waals surface area contributed by atoms with Gasteiger partial charge in [-0.25, -0.2) is 26.7 Å². The molecule has 1 heterocycles. The van der Waals surface area contributed by atoms with Crippen molar-refractivity contribution < 1.29 is 51.2 Å². The summed E-state index contributed by atoms with van der Waals surface area (Å²) < 4.78 is 81.3. The molecule has 7 nitrogen and oxygen atoms in total. The normalized spacial score (nSPS) is 19.4. The van der Waals surface area contributed by atoms with Crippen LogP contribution >= 0.6 is 11.8 Å². The number of ether oxygens (including phenoxy) is 2. The predicted molar refractivity (Wildman–Crippen MR) is 161 cm³/mol. The van der Waals surface area contributed by atoms with E-state index in [-0.39, 0.29) is 24.6 Å². The summed E-state index contributed by atoms with van der Waals surface area (Å²) in [7, 11) is 0. The van der Waals surface area contributed by atoms with Gasteiger partial charge in [-0.3, -0.25) is 4.79 Å². The fourth-order valence-electron chi connectivity index (χ4n) is 5.12. The summed E-state index contributed by atoms with van der Waals surface area (Å²) in [6.07, 6.45) is -1.71. The number of carboxylic acids is 1. The Labute approximate surface area is 270 Å². The molecule has 3 N–H and O–H groups in total. The van der Waals surface area contributed by atoms with E-state index in [1.54, 1.807) is 54.6 Å². The van der Waals surface area contributed by atoms with Gasteiger partial charge in [-0.05, 0) is 28.8 Å². The van der Waals surface area contributed by atoms with E-state index in [0.29, 0.717) is 21.8 Å². The van der Waals surface area contributed by atoms with Gasteiger partial charge < -0.3 is 25.0 Å². The molecule has 1 aliphatic rings. The second kappa shape index (κ2) is 14.6. The van der Waals surface area contributed by atoms with E-state index in [9.17, 15) is 41.8 Å². The van der Waals surface area contributed by atoms with E-state index < -0.39 is 65.0 Å². The van der Waals surface area contributed by atoms with Crippen molar-refractivity contribution in [2.24, 2.45) is 5.92 Å². The number of carbonyl (C=O) groups excluding carboxylic acids is 1. The second-order valence-corrected chi connectivity index (χ2v) is 11.9. The van der Waals surface area contributed by atoms with Crippen molar-refractivity contribution in [2.45, 2.75) is 43.5 Å². The summed E-state index contributed by atoms with van der Waals surface area (Å²) >= 11 is 1.34. The summed E-state index contributed by atoms with van der Waals surface area (Å²) in [4.78, 5) is 24.7. The molecule has 47 heavy (non-hydrogen) atoms. The van der Waals surface area contributed by atoms with Crippen LogP contribution in [0.4, 0.5) is 22.0 Å². The number of hydrogen-bond donors (Lipinski definition) is 3. The van der Waals surface area contributed by atoms with Gasteiger partial charge in [0.1, 0.15) is 5.56 Å². The number of aliphatic hydroxyl groups is 1. The van der Waals surface area contributed by atoms with Crippen LogP contribution in [-0.4, -0.2) is 33.9 Å². The molecule has 0 aliphatic carbocycles. The number of halogens is 5. The van der Waals surface area contributed by atoms with Crippen LogP contribution in [0.15, 0.2) is 77.7 Å². The van der Waals surface area contributed by atoms with Crippen LogP contribution < -0.4 is 5.32 Å². The molecule has 0 saturated carbocycles. The summed E-state index contributed by atoms with van der Waals surface area (Å²) in [5, 5.41) is 21.2. The molecular formula is C34H28F5NO6S. The number of carbonyl (C=O) groups is 2. The minimum Gasteiger partial charge on any atom is -0.478 e. The lowest BCUT2D eigenvalue weighted by atomic mass is 9.91. The van der Waals surface area contributed by atoms with Crippen LogP contribution in [0.3, 0.4) is 0 Å². The molecule has 0 spiro atoms. The number of benzene rings is 4. The second-order valence-electron chi connectivity index (χ2n) is 10.8. The van der Waals surface area contributed by atoms with Crippen LogP contribution in [0.5, 0.6) is 0 Å². The molecule has 1 amide bonds. The first-order chi connectivity index (χ1) is 22.5. The highest BCUT2D eigenvalue weighted by atomic mass is 32.2. The number of rotatable bonds is 10. The molecule has 5 rings (SSSR count). The van der Waals surface area contributed by atoms with Gasteiger partial charge in [0.05, 0.1) is 24.4 Å². The number of amides is 1. The molecular weight excluding hydrogens is 645 g/mol. The highest BCUT2D eigenvalue weighted by molar-refractivity contribution is 7.99. The molecule has 0 radical (unpaired) electrons. The maximum atomic E-state index is 14.0. The third-order valence-corrected chi connectivity index (χ3v) is 8.95. The van der Waals surface area contributed by atoms with Gasteiger partial charge in [-0.2, -0.15) is 0 Å². The molecule has 1 fully saturated rings. The van der Waals surface area contributed by atoms with Gasteiger partial charge in [0, 0.05) is 28.7 Å². The lowest BCUT2D eigenvalue weighted by Gasteiger charge is -2.41. The Morgan fingerprint density at radius 2 is 1.36 bits per heavy atom. The lowest BCUT2D eigenvalue weighted by Crippen LogP contribution is -2.38. The average Bonchev–Trinajstić information content (AvgIpc) is 3.09. The van der Waals surface area contributed by atoms with Crippen LogP contribution in [0, 0.1) is 35.0 Å². The van der Waals surface area contributed by atoms with Gasteiger partial charge in [0.25, 0.3) is 5.91 Å². The van der Waals surface area contributed by atoms with Gasteiger partial charge in [0.2, 0.25) is 5.82 Å².